The van der Waals surface area contributed by atoms with Crippen LogP contribution in [-0.2, 0) is 15.6 Å². The van der Waals surface area contributed by atoms with Gasteiger partial charge in [0, 0.05) is 53.9 Å². The Morgan fingerprint density at radius 2 is 1.65 bits per heavy atom. The van der Waals surface area contributed by atoms with Crippen molar-refractivity contribution in [2.45, 2.75) is 71.1 Å². The number of fused-ring (bicyclic) bond motifs is 2. The topological polar surface area (TPSA) is 63.0 Å². The summed E-state index contributed by atoms with van der Waals surface area (Å²) in [5.41, 5.74) is 11.7. The average molecular weight is 541 g/mol. The molecule has 2 aromatic carbocycles. The maximum absolute atomic E-state index is 11.9. The van der Waals surface area contributed by atoms with Crippen molar-refractivity contribution < 1.29 is 15.1 Å². The standard InChI is InChI=1S/C35H46N4O/c1-6-38-29-19-14-12-17-27(29)34(2,3)31(38)21-9-7-10-22-32-35(4,5)28-18-13-15-20-30(28)39(32)26-16-8-11-23-33(40)37-25-24-36/h7,9-10,12-15,17-22H,6,8,11,16,23-26,36H2,1-5H3/p+2. The summed E-state index contributed by atoms with van der Waals surface area (Å²) >= 11 is 0. The number of quaternary nitrogens is 1. The van der Waals surface area contributed by atoms with Crippen LogP contribution >= 0.6 is 0 Å². The molecule has 4 N–H and O–H groups in total. The molecular weight excluding hydrogens is 492 g/mol. The van der Waals surface area contributed by atoms with E-state index in [4.69, 9.17) is 0 Å². The van der Waals surface area contributed by atoms with Gasteiger partial charge in [-0.25, -0.2) is 0 Å². The molecule has 0 fully saturated rings. The van der Waals surface area contributed by atoms with Gasteiger partial charge in [-0.3, -0.25) is 4.79 Å². The minimum atomic E-state index is -0.0679. The molecule has 40 heavy (non-hydrogen) atoms. The van der Waals surface area contributed by atoms with E-state index in [1.165, 1.54) is 33.9 Å². The van der Waals surface area contributed by atoms with E-state index in [-0.39, 0.29) is 16.7 Å². The molecule has 212 valence electrons. The fraction of sp³-hybridized carbons (Fsp3) is 0.429. The molecule has 0 bridgehead atoms. The van der Waals surface area contributed by atoms with Crippen LogP contribution in [0.25, 0.3) is 0 Å². The summed E-state index contributed by atoms with van der Waals surface area (Å²) in [6, 6.07) is 17.5. The van der Waals surface area contributed by atoms with Gasteiger partial charge < -0.3 is 16.0 Å². The summed E-state index contributed by atoms with van der Waals surface area (Å²) in [6.07, 6.45) is 14.7. The number of rotatable bonds is 12. The number of hydrogen-bond acceptors (Lipinski definition) is 2. The number of benzene rings is 2. The molecule has 2 heterocycles. The lowest BCUT2D eigenvalue weighted by Crippen LogP contribution is -2.54. The monoisotopic (exact) mass is 540 g/mol. The van der Waals surface area contributed by atoms with E-state index in [9.17, 15) is 4.79 Å². The van der Waals surface area contributed by atoms with Crippen LogP contribution in [0.2, 0.25) is 0 Å². The van der Waals surface area contributed by atoms with Crippen LogP contribution in [0.4, 0.5) is 11.4 Å². The normalized spacial score (nSPS) is 18.2. The van der Waals surface area contributed by atoms with E-state index in [0.717, 1.165) is 38.9 Å². The van der Waals surface area contributed by atoms with Crippen LogP contribution in [-0.4, -0.2) is 42.4 Å². The van der Waals surface area contributed by atoms with Gasteiger partial charge in [-0.2, -0.15) is 4.58 Å². The van der Waals surface area contributed by atoms with Crippen LogP contribution < -0.4 is 16.0 Å². The van der Waals surface area contributed by atoms with Gasteiger partial charge in [-0.1, -0.05) is 68.5 Å². The number of allylic oxidation sites excluding steroid dienone is 6. The van der Waals surface area contributed by atoms with E-state index < -0.39 is 0 Å². The molecule has 2 aromatic rings. The molecule has 0 atom stereocenters. The smallest absolute Gasteiger partial charge is 0.220 e. The van der Waals surface area contributed by atoms with E-state index in [1.807, 2.05) is 0 Å². The first-order valence-electron chi connectivity index (χ1n) is 15.0. The van der Waals surface area contributed by atoms with Crippen molar-refractivity contribution >= 4 is 23.0 Å². The second kappa shape index (κ2) is 12.8. The Morgan fingerprint density at radius 1 is 0.925 bits per heavy atom. The van der Waals surface area contributed by atoms with Crippen molar-refractivity contribution in [1.82, 2.24) is 5.32 Å². The maximum atomic E-state index is 11.9. The summed E-state index contributed by atoms with van der Waals surface area (Å²) in [5.74, 6) is 0.139. The molecule has 0 unspecified atom stereocenters. The number of likely N-dealkylation sites (N-methyl/N-ethyl adjacent to an activating group) is 1. The molecule has 5 nitrogen and oxygen atoms in total. The molecule has 2 aliphatic heterocycles. The van der Waals surface area contributed by atoms with Gasteiger partial charge in [0.2, 0.25) is 11.6 Å². The number of amides is 1. The van der Waals surface area contributed by atoms with Crippen molar-refractivity contribution in [1.29, 1.82) is 0 Å². The highest BCUT2D eigenvalue weighted by atomic mass is 16.1. The Labute approximate surface area is 241 Å². The molecule has 0 aliphatic carbocycles. The first kappa shape index (κ1) is 29.5. The second-order valence-electron chi connectivity index (χ2n) is 11.9. The van der Waals surface area contributed by atoms with Gasteiger partial charge in [0.25, 0.3) is 0 Å². The number of nitrogens with zero attached hydrogens (tertiary/aromatic N) is 2. The van der Waals surface area contributed by atoms with Gasteiger partial charge in [-0.15, -0.1) is 0 Å². The van der Waals surface area contributed by atoms with Crippen molar-refractivity contribution in [3.63, 3.8) is 0 Å². The average Bonchev–Trinajstić information content (AvgIpc) is 3.30. The van der Waals surface area contributed by atoms with Gasteiger partial charge in [0.05, 0.1) is 18.5 Å². The number of anilines is 1. The van der Waals surface area contributed by atoms with Crippen LogP contribution in [0.1, 0.15) is 71.4 Å². The zero-order chi connectivity index (χ0) is 28.8. The summed E-state index contributed by atoms with van der Waals surface area (Å²) < 4.78 is 2.48. The van der Waals surface area contributed by atoms with Crippen LogP contribution in [0.15, 0.2) is 84.6 Å². The number of nitrogens with one attached hydrogen (secondary N) is 1. The summed E-state index contributed by atoms with van der Waals surface area (Å²) in [6.45, 7) is 14.8. The zero-order valence-corrected chi connectivity index (χ0v) is 25.2. The largest absolute Gasteiger partial charge is 0.356 e. The van der Waals surface area contributed by atoms with Gasteiger partial charge in [-0.05, 0) is 51.3 Å². The maximum Gasteiger partial charge on any atom is 0.220 e. The molecular formula is C35H48N4O+2. The van der Waals surface area contributed by atoms with Gasteiger partial charge >= 0.3 is 0 Å². The summed E-state index contributed by atoms with van der Waals surface area (Å²) in [4.78, 5) is 14.4. The van der Waals surface area contributed by atoms with Crippen molar-refractivity contribution in [2.75, 3.05) is 31.1 Å². The number of para-hydroxylation sites is 2. The molecule has 0 spiro atoms. The number of unbranched alkanes of at least 4 members (excludes halogenated alkanes) is 2. The Kier molecular flexibility index (Phi) is 9.47. The highest BCUT2D eigenvalue weighted by Gasteiger charge is 2.43. The van der Waals surface area contributed by atoms with Crippen LogP contribution in [0.3, 0.4) is 0 Å². The second-order valence-corrected chi connectivity index (χ2v) is 11.9. The van der Waals surface area contributed by atoms with E-state index >= 15 is 0 Å². The lowest BCUT2D eigenvalue weighted by Gasteiger charge is -2.25. The predicted molar refractivity (Wildman–Crippen MR) is 167 cm³/mol. The molecule has 2 aliphatic rings. The molecule has 0 saturated heterocycles. The lowest BCUT2D eigenvalue weighted by atomic mass is 9.81. The van der Waals surface area contributed by atoms with Gasteiger partial charge in [0.15, 0.2) is 5.71 Å². The van der Waals surface area contributed by atoms with E-state index in [2.05, 4.69) is 134 Å². The van der Waals surface area contributed by atoms with Crippen LogP contribution in [0, 0.1) is 0 Å². The van der Waals surface area contributed by atoms with Crippen molar-refractivity contribution in [3.8, 4) is 0 Å². The fourth-order valence-corrected chi connectivity index (χ4v) is 6.27. The number of carbonyl (C=O) groups is 1. The molecule has 1 amide bonds. The quantitative estimate of drug-likeness (QED) is 0.203. The molecule has 0 aromatic heterocycles. The number of carbonyl (C=O) groups excluding carboxylic acids is 1. The number of hydrogen-bond donors (Lipinski definition) is 2. The Hall–Kier alpha value is -3.44. The first-order chi connectivity index (χ1) is 19.2. The lowest BCUT2D eigenvalue weighted by molar-refractivity contribution is -0.438. The van der Waals surface area contributed by atoms with Crippen molar-refractivity contribution in [2.24, 2.45) is 0 Å². The third-order valence-corrected chi connectivity index (χ3v) is 8.43. The molecule has 5 heteroatoms. The Balaban J connectivity index is 1.49. The predicted octanol–water partition coefficient (Wildman–Crippen LogP) is 5.80. The fourth-order valence-electron chi connectivity index (χ4n) is 6.27. The summed E-state index contributed by atoms with van der Waals surface area (Å²) in [7, 11) is 0. The third-order valence-electron chi connectivity index (χ3n) is 8.43. The first-order valence-corrected chi connectivity index (χ1v) is 15.0. The molecule has 0 radical (unpaired) electrons. The Morgan fingerprint density at radius 3 is 2.40 bits per heavy atom. The SMILES string of the molecule is CCN1/C(=C/C=C/C=C/C2=[N+](CCCCCC(=O)NCC[NH3+])c3ccccc3C2(C)C)C(C)(C)c2ccccc21. The third kappa shape index (κ3) is 6.00. The summed E-state index contributed by atoms with van der Waals surface area (Å²) in [5, 5.41) is 2.92. The van der Waals surface area contributed by atoms with Crippen molar-refractivity contribution in [3.05, 3.63) is 95.7 Å². The minimum absolute atomic E-state index is 0.0187. The minimum Gasteiger partial charge on any atom is -0.356 e. The highest BCUT2D eigenvalue weighted by Crippen LogP contribution is 2.47. The van der Waals surface area contributed by atoms with E-state index in [1.54, 1.807) is 0 Å². The van der Waals surface area contributed by atoms with Gasteiger partial charge in [0.1, 0.15) is 6.54 Å². The highest BCUT2D eigenvalue weighted by molar-refractivity contribution is 6.03. The van der Waals surface area contributed by atoms with E-state index in [0.29, 0.717) is 13.0 Å². The zero-order valence-electron chi connectivity index (χ0n) is 25.2. The Bertz CT molecular complexity index is 1330. The van der Waals surface area contributed by atoms with Crippen LogP contribution in [0.5, 0.6) is 0 Å². The molecule has 4 rings (SSSR count). The molecule has 0 saturated carbocycles.